The van der Waals surface area contributed by atoms with Crippen LogP contribution in [0.1, 0.15) is 132 Å². The summed E-state index contributed by atoms with van der Waals surface area (Å²) in [7, 11) is 0. The molecular weight excluding hydrogens is 809 g/mol. The molecule has 0 saturated heterocycles. The summed E-state index contributed by atoms with van der Waals surface area (Å²) in [6, 6.07) is 20.4. The molecule has 10 heterocycles. The highest BCUT2D eigenvalue weighted by molar-refractivity contribution is 5.43. The maximum Gasteiger partial charge on any atom is 0.155 e. The average Bonchev–Trinajstić information content (AvgIpc) is 4.09. The van der Waals surface area contributed by atoms with Crippen molar-refractivity contribution in [3.05, 3.63) is 157 Å². The van der Waals surface area contributed by atoms with Gasteiger partial charge in [-0.3, -0.25) is 0 Å². The molecule has 0 unspecified atom stereocenters. The molecule has 0 aliphatic heterocycles. The van der Waals surface area contributed by atoms with Crippen LogP contribution >= 0.6 is 0 Å². The highest BCUT2D eigenvalue weighted by atomic mass is 15.3. The Morgan fingerprint density at radius 1 is 0.354 bits per heavy atom. The van der Waals surface area contributed by atoms with Crippen molar-refractivity contribution in [2.75, 3.05) is 0 Å². The molecular formula is C51H66N14. The van der Waals surface area contributed by atoms with Crippen LogP contribution in [0.2, 0.25) is 0 Å². The number of rotatable bonds is 0. The van der Waals surface area contributed by atoms with E-state index in [0.29, 0.717) is 0 Å². The van der Waals surface area contributed by atoms with Gasteiger partial charge in [-0.15, -0.1) is 0 Å². The van der Waals surface area contributed by atoms with E-state index in [2.05, 4.69) is 190 Å². The molecule has 14 nitrogen and oxygen atoms in total. The largest absolute Gasteiger partial charge is 0.307 e. The number of imidazole rings is 2. The van der Waals surface area contributed by atoms with Crippen LogP contribution in [0.15, 0.2) is 129 Å². The first-order valence-corrected chi connectivity index (χ1v) is 22.0. The topological polar surface area (TPSA) is 138 Å². The minimum Gasteiger partial charge on any atom is -0.307 e. The van der Waals surface area contributed by atoms with Crippen LogP contribution in [0.5, 0.6) is 0 Å². The van der Waals surface area contributed by atoms with Crippen LogP contribution in [0.3, 0.4) is 0 Å². The van der Waals surface area contributed by atoms with E-state index in [1.165, 1.54) is 16.7 Å². The van der Waals surface area contributed by atoms with Crippen LogP contribution in [-0.4, -0.2) is 67.8 Å². The van der Waals surface area contributed by atoms with E-state index in [1.807, 2.05) is 67.5 Å². The van der Waals surface area contributed by atoms with Crippen LogP contribution in [-0.2, 0) is 27.1 Å². The molecule has 0 fully saturated rings. The number of hydrogen-bond acceptors (Lipinski definition) is 9. The molecule has 0 atom stereocenters. The molecule has 10 rings (SSSR count). The molecule has 0 bridgehead atoms. The van der Waals surface area contributed by atoms with E-state index in [0.717, 1.165) is 39.6 Å². The summed E-state index contributed by atoms with van der Waals surface area (Å²) in [5.74, 6) is 0. The monoisotopic (exact) mass is 875 g/mol. The number of nitrogens with zero attached hydrogens (tertiary/aromatic N) is 14. The quantitative estimate of drug-likeness (QED) is 0.146. The zero-order valence-electron chi connectivity index (χ0n) is 40.9. The number of aromatic nitrogens is 14. The fourth-order valence-corrected chi connectivity index (χ4v) is 6.35. The normalized spacial score (nSPS) is 12.2. The van der Waals surface area contributed by atoms with Crippen LogP contribution in [0.4, 0.5) is 0 Å². The lowest BCUT2D eigenvalue weighted by Crippen LogP contribution is -2.14. The first kappa shape index (κ1) is 47.6. The van der Waals surface area contributed by atoms with Crippen molar-refractivity contribution in [3.8, 4) is 0 Å². The van der Waals surface area contributed by atoms with Crippen LogP contribution in [0, 0.1) is 0 Å². The Morgan fingerprint density at radius 2 is 0.892 bits per heavy atom. The third-order valence-electron chi connectivity index (χ3n) is 10.6. The van der Waals surface area contributed by atoms with Crippen molar-refractivity contribution < 1.29 is 0 Å². The van der Waals surface area contributed by atoms with Crippen molar-refractivity contribution >= 4 is 28.2 Å². The second-order valence-electron chi connectivity index (χ2n) is 21.2. The van der Waals surface area contributed by atoms with Gasteiger partial charge in [-0.1, -0.05) is 116 Å². The third-order valence-corrected chi connectivity index (χ3v) is 10.6. The molecule has 10 aromatic heterocycles. The molecule has 0 aliphatic rings. The van der Waals surface area contributed by atoms with E-state index in [9.17, 15) is 0 Å². The second-order valence-corrected chi connectivity index (χ2v) is 21.2. The van der Waals surface area contributed by atoms with Crippen molar-refractivity contribution in [2.24, 2.45) is 0 Å². The minimum absolute atomic E-state index is 0.0957. The Morgan fingerprint density at radius 3 is 1.55 bits per heavy atom. The maximum absolute atomic E-state index is 4.51. The van der Waals surface area contributed by atoms with Crippen molar-refractivity contribution in [1.82, 2.24) is 67.8 Å². The van der Waals surface area contributed by atoms with Crippen molar-refractivity contribution in [1.29, 1.82) is 0 Å². The number of hydrogen-bond donors (Lipinski definition) is 0. The lowest BCUT2D eigenvalue weighted by molar-refractivity contribution is 0.554. The van der Waals surface area contributed by atoms with Gasteiger partial charge in [0, 0.05) is 72.2 Å². The van der Waals surface area contributed by atoms with E-state index in [-0.39, 0.29) is 27.1 Å². The number of pyridine rings is 3. The second kappa shape index (κ2) is 18.7. The molecule has 0 N–H and O–H groups in total. The molecule has 10 aromatic rings. The average molecular weight is 875 g/mol. The van der Waals surface area contributed by atoms with Gasteiger partial charge in [-0.2, -0.15) is 20.4 Å². The fourth-order valence-electron chi connectivity index (χ4n) is 6.35. The van der Waals surface area contributed by atoms with E-state index >= 15 is 0 Å². The lowest BCUT2D eigenvalue weighted by atomic mass is 9.88. The first-order chi connectivity index (χ1) is 30.4. The van der Waals surface area contributed by atoms with Gasteiger partial charge in [-0.05, 0) is 75.4 Å². The zero-order valence-corrected chi connectivity index (χ0v) is 40.9. The van der Waals surface area contributed by atoms with Gasteiger partial charge in [0.05, 0.1) is 11.9 Å². The van der Waals surface area contributed by atoms with Gasteiger partial charge >= 0.3 is 0 Å². The molecule has 0 aliphatic carbocycles. The highest BCUT2D eigenvalue weighted by Gasteiger charge is 2.18. The van der Waals surface area contributed by atoms with Gasteiger partial charge in [0.2, 0.25) is 0 Å². The van der Waals surface area contributed by atoms with Gasteiger partial charge in [0.15, 0.2) is 22.6 Å². The van der Waals surface area contributed by atoms with Crippen LogP contribution < -0.4 is 0 Å². The van der Waals surface area contributed by atoms with Gasteiger partial charge in [0.1, 0.15) is 18.3 Å². The van der Waals surface area contributed by atoms with Crippen molar-refractivity contribution in [2.45, 2.75) is 131 Å². The Hall–Kier alpha value is -6.83. The van der Waals surface area contributed by atoms with E-state index in [4.69, 9.17) is 0 Å². The molecule has 0 radical (unpaired) electrons. The number of fused-ring (bicyclic) bond motifs is 5. The standard InChI is InChI=1S/C11H14N2.4C10H13N3/c1-11(2,3)9-4-5-10-12-6-7-13(10)8-9;1-10(2,3)8-5-7-13-9(12-8)4-6-11-13;1-10(2,3)8-4-5-13-9(6-8)11-7-12-13;1-10(2,3)8-4-5-9-11-7-12-13(9)6-8;1-10(2,3)8-4-5-9-11-6-7-13(9)12-8/h4-8H,1-3H3;4*4-7H,1-3H3. The highest BCUT2D eigenvalue weighted by Crippen LogP contribution is 2.25. The lowest BCUT2D eigenvalue weighted by Gasteiger charge is -2.18. The molecule has 0 aromatic carbocycles. The first-order valence-electron chi connectivity index (χ1n) is 22.0. The summed E-state index contributed by atoms with van der Waals surface area (Å²) in [6.07, 6.45) is 20.4. The third kappa shape index (κ3) is 12.5. The Labute approximate surface area is 382 Å². The summed E-state index contributed by atoms with van der Waals surface area (Å²) >= 11 is 0. The van der Waals surface area contributed by atoms with Crippen LogP contribution in [0.25, 0.3) is 28.2 Å². The SMILES string of the molecule is CC(C)(C)c1ccc2nccn2c1.CC(C)(C)c1ccc2nccn2n1.CC(C)(C)c1ccc2ncnn2c1.CC(C)(C)c1ccn2nccc2n1.CC(C)(C)c1ccn2ncnc2c1. The Bertz CT molecular complexity index is 2600. The molecule has 14 heteroatoms. The zero-order chi connectivity index (χ0) is 47.4. The molecule has 0 spiro atoms. The summed E-state index contributed by atoms with van der Waals surface area (Å²) < 4.78 is 9.21. The summed E-state index contributed by atoms with van der Waals surface area (Å²) in [6.45, 7) is 32.7. The smallest absolute Gasteiger partial charge is 0.155 e. The Kier molecular flexibility index (Phi) is 13.7. The van der Waals surface area contributed by atoms with E-state index < -0.39 is 0 Å². The van der Waals surface area contributed by atoms with Gasteiger partial charge in [-0.25, -0.2) is 43.0 Å². The molecule has 0 amide bonds. The summed E-state index contributed by atoms with van der Waals surface area (Å²) in [4.78, 5) is 21.1. The molecule has 0 saturated carbocycles. The predicted octanol–water partition coefficient (Wildman–Crippen LogP) is 10.7. The molecule has 340 valence electrons. The Balaban J connectivity index is 0.000000135. The molecule has 65 heavy (non-hydrogen) atoms. The maximum atomic E-state index is 4.51. The summed E-state index contributed by atoms with van der Waals surface area (Å²) in [5, 5.41) is 16.7. The van der Waals surface area contributed by atoms with Gasteiger partial charge < -0.3 is 4.40 Å². The minimum atomic E-state index is 0.0957. The van der Waals surface area contributed by atoms with Gasteiger partial charge in [0.25, 0.3) is 0 Å². The fraction of sp³-hybridized carbons (Fsp3) is 0.392. The summed E-state index contributed by atoms with van der Waals surface area (Å²) in [5.41, 5.74) is 11.4. The van der Waals surface area contributed by atoms with E-state index in [1.54, 1.807) is 43.1 Å². The van der Waals surface area contributed by atoms with Crippen molar-refractivity contribution in [3.63, 3.8) is 0 Å². The predicted molar refractivity (Wildman–Crippen MR) is 261 cm³/mol.